The molecule has 1 saturated heterocycles. The summed E-state index contributed by atoms with van der Waals surface area (Å²) in [6.45, 7) is 4.70. The van der Waals surface area contributed by atoms with Crippen molar-refractivity contribution in [2.24, 2.45) is 0 Å². The number of urea groups is 1. The highest BCUT2D eigenvalue weighted by Crippen LogP contribution is 2.29. The largest absolute Gasteiger partial charge is 0.339 e. The van der Waals surface area contributed by atoms with Crippen LogP contribution in [-0.4, -0.2) is 52.2 Å². The molecule has 0 spiro atoms. The molecule has 7 heteroatoms. The van der Waals surface area contributed by atoms with E-state index in [1.807, 2.05) is 41.3 Å². The van der Waals surface area contributed by atoms with Gasteiger partial charge in [0.25, 0.3) is 0 Å². The lowest BCUT2D eigenvalue weighted by Gasteiger charge is -2.39. The lowest BCUT2D eigenvalue weighted by Crippen LogP contribution is -2.51. The highest BCUT2D eigenvalue weighted by Gasteiger charge is 2.28. The van der Waals surface area contributed by atoms with Crippen LogP contribution in [0.4, 0.5) is 10.5 Å². The number of carbonyl (C=O) groups is 1. The van der Waals surface area contributed by atoms with Crippen LogP contribution >= 0.6 is 0 Å². The Balaban J connectivity index is 1.22. The average molecular weight is 454 g/mol. The molecule has 5 rings (SSSR count). The van der Waals surface area contributed by atoms with E-state index in [1.54, 1.807) is 6.92 Å². The Kier molecular flexibility index (Phi) is 6.35. The van der Waals surface area contributed by atoms with E-state index >= 15 is 0 Å². The molecule has 1 fully saturated rings. The van der Waals surface area contributed by atoms with Gasteiger partial charge in [-0.2, -0.15) is 4.98 Å². The van der Waals surface area contributed by atoms with Crippen molar-refractivity contribution in [2.75, 3.05) is 31.5 Å². The lowest BCUT2D eigenvalue weighted by molar-refractivity contribution is 0.126. The third-order valence-corrected chi connectivity index (χ3v) is 6.12. The summed E-state index contributed by atoms with van der Waals surface area (Å²) in [4.78, 5) is 21.5. The molecular formula is C27H27N5O2. The van der Waals surface area contributed by atoms with E-state index in [0.717, 1.165) is 24.3 Å². The molecule has 0 unspecified atom stereocenters. The second-order valence-electron chi connectivity index (χ2n) is 8.39. The molecule has 2 heterocycles. The number of nitrogens with one attached hydrogen (secondary N) is 1. The SMILES string of the molecule is Cc1nc(-c2ccc(NC(=O)N3CCN(C(c4ccccc4)c4ccccc4)CC3)cc2)no1. The van der Waals surface area contributed by atoms with E-state index in [0.29, 0.717) is 24.8 Å². The molecule has 0 radical (unpaired) electrons. The number of nitrogens with zero attached hydrogens (tertiary/aromatic N) is 4. The van der Waals surface area contributed by atoms with E-state index in [4.69, 9.17) is 4.52 Å². The average Bonchev–Trinajstić information content (AvgIpc) is 3.32. The van der Waals surface area contributed by atoms with Crippen molar-refractivity contribution in [3.63, 3.8) is 0 Å². The van der Waals surface area contributed by atoms with Gasteiger partial charge in [-0.05, 0) is 35.4 Å². The number of carbonyl (C=O) groups excluding carboxylic acids is 1. The zero-order valence-electron chi connectivity index (χ0n) is 19.1. The molecule has 2 amide bonds. The van der Waals surface area contributed by atoms with Crippen LogP contribution < -0.4 is 5.32 Å². The Morgan fingerprint density at radius 2 is 1.44 bits per heavy atom. The molecular weight excluding hydrogens is 426 g/mol. The van der Waals surface area contributed by atoms with Crippen LogP contribution in [0.15, 0.2) is 89.5 Å². The molecule has 34 heavy (non-hydrogen) atoms. The lowest BCUT2D eigenvalue weighted by atomic mass is 9.96. The van der Waals surface area contributed by atoms with Gasteiger partial charge in [-0.1, -0.05) is 65.8 Å². The predicted molar refractivity (Wildman–Crippen MR) is 131 cm³/mol. The zero-order valence-corrected chi connectivity index (χ0v) is 19.1. The number of amides is 2. The van der Waals surface area contributed by atoms with E-state index < -0.39 is 0 Å². The molecule has 0 bridgehead atoms. The first-order valence-electron chi connectivity index (χ1n) is 11.5. The molecule has 172 valence electrons. The van der Waals surface area contributed by atoms with E-state index in [2.05, 4.69) is 68.9 Å². The molecule has 4 aromatic rings. The molecule has 1 aliphatic heterocycles. The van der Waals surface area contributed by atoms with Gasteiger partial charge in [-0.25, -0.2) is 4.79 Å². The van der Waals surface area contributed by atoms with E-state index in [1.165, 1.54) is 11.1 Å². The summed E-state index contributed by atoms with van der Waals surface area (Å²) in [6.07, 6.45) is 0. The molecule has 7 nitrogen and oxygen atoms in total. The molecule has 1 N–H and O–H groups in total. The minimum atomic E-state index is -0.0845. The summed E-state index contributed by atoms with van der Waals surface area (Å²) in [5, 5.41) is 6.94. The fraction of sp³-hybridized carbons (Fsp3) is 0.222. The number of hydrogen-bond donors (Lipinski definition) is 1. The summed E-state index contributed by atoms with van der Waals surface area (Å²) in [5.74, 6) is 1.06. The van der Waals surface area contributed by atoms with Crippen LogP contribution in [0.1, 0.15) is 23.1 Å². The number of anilines is 1. The first-order valence-corrected chi connectivity index (χ1v) is 11.5. The van der Waals surface area contributed by atoms with Gasteiger partial charge in [0, 0.05) is 44.4 Å². The van der Waals surface area contributed by atoms with Crippen molar-refractivity contribution in [3.8, 4) is 11.4 Å². The number of hydrogen-bond acceptors (Lipinski definition) is 5. The summed E-state index contributed by atoms with van der Waals surface area (Å²) in [7, 11) is 0. The zero-order chi connectivity index (χ0) is 23.3. The Labute approximate surface area is 199 Å². The van der Waals surface area contributed by atoms with Crippen molar-refractivity contribution in [3.05, 3.63) is 102 Å². The van der Waals surface area contributed by atoms with Crippen LogP contribution in [0.5, 0.6) is 0 Å². The number of aryl methyl sites for hydroxylation is 1. The molecule has 0 saturated carbocycles. The second-order valence-corrected chi connectivity index (χ2v) is 8.39. The number of benzene rings is 3. The first-order chi connectivity index (χ1) is 16.7. The Morgan fingerprint density at radius 1 is 0.853 bits per heavy atom. The normalized spacial score (nSPS) is 14.4. The Hall–Kier alpha value is -3.97. The standard InChI is InChI=1S/C27H27N5O2/c1-20-28-26(30-34-20)23-12-14-24(15-13-23)29-27(33)32-18-16-31(17-19-32)25(21-8-4-2-5-9-21)22-10-6-3-7-11-22/h2-15,25H,16-19H2,1H3,(H,29,33). The van der Waals surface area contributed by atoms with Gasteiger partial charge < -0.3 is 14.7 Å². The maximum absolute atomic E-state index is 12.9. The molecule has 0 aliphatic carbocycles. The molecule has 3 aromatic carbocycles. The van der Waals surface area contributed by atoms with Gasteiger partial charge >= 0.3 is 6.03 Å². The summed E-state index contributed by atoms with van der Waals surface area (Å²) in [6, 6.07) is 28.7. The Morgan fingerprint density at radius 3 is 1.97 bits per heavy atom. The van der Waals surface area contributed by atoms with E-state index in [9.17, 15) is 4.79 Å². The van der Waals surface area contributed by atoms with Crippen molar-refractivity contribution >= 4 is 11.7 Å². The summed E-state index contributed by atoms with van der Waals surface area (Å²) >= 11 is 0. The Bertz CT molecular complexity index is 1180. The smallest absolute Gasteiger partial charge is 0.321 e. The van der Waals surface area contributed by atoms with E-state index in [-0.39, 0.29) is 12.1 Å². The molecule has 0 atom stereocenters. The van der Waals surface area contributed by atoms with Crippen LogP contribution in [0, 0.1) is 6.92 Å². The van der Waals surface area contributed by atoms with Crippen LogP contribution in [-0.2, 0) is 0 Å². The third-order valence-electron chi connectivity index (χ3n) is 6.12. The number of rotatable bonds is 5. The van der Waals surface area contributed by atoms with Gasteiger partial charge in [0.15, 0.2) is 0 Å². The van der Waals surface area contributed by atoms with Crippen molar-refractivity contribution in [1.29, 1.82) is 0 Å². The molecule has 1 aliphatic rings. The van der Waals surface area contributed by atoms with Crippen LogP contribution in [0.25, 0.3) is 11.4 Å². The van der Waals surface area contributed by atoms with Gasteiger partial charge in [0.1, 0.15) is 0 Å². The van der Waals surface area contributed by atoms with Crippen LogP contribution in [0.2, 0.25) is 0 Å². The minimum absolute atomic E-state index is 0.0845. The van der Waals surface area contributed by atoms with Gasteiger partial charge in [0.05, 0.1) is 6.04 Å². The van der Waals surface area contributed by atoms with Crippen LogP contribution in [0.3, 0.4) is 0 Å². The highest BCUT2D eigenvalue weighted by molar-refractivity contribution is 5.89. The topological polar surface area (TPSA) is 74.5 Å². The highest BCUT2D eigenvalue weighted by atomic mass is 16.5. The molecule has 1 aromatic heterocycles. The van der Waals surface area contributed by atoms with Crippen molar-refractivity contribution in [2.45, 2.75) is 13.0 Å². The predicted octanol–water partition coefficient (Wildman–Crippen LogP) is 4.98. The summed E-state index contributed by atoms with van der Waals surface area (Å²) < 4.78 is 5.03. The second kappa shape index (κ2) is 9.89. The maximum Gasteiger partial charge on any atom is 0.321 e. The number of aromatic nitrogens is 2. The van der Waals surface area contributed by atoms with Gasteiger partial charge in [0.2, 0.25) is 11.7 Å². The fourth-order valence-electron chi connectivity index (χ4n) is 4.39. The van der Waals surface area contributed by atoms with Gasteiger partial charge in [-0.15, -0.1) is 0 Å². The first kappa shape index (κ1) is 21.9. The summed E-state index contributed by atoms with van der Waals surface area (Å²) in [5.41, 5.74) is 4.12. The van der Waals surface area contributed by atoms with Gasteiger partial charge in [-0.3, -0.25) is 4.90 Å². The quantitative estimate of drug-likeness (QED) is 0.461. The third kappa shape index (κ3) is 4.84. The minimum Gasteiger partial charge on any atom is -0.339 e. The van der Waals surface area contributed by atoms with Crippen molar-refractivity contribution < 1.29 is 9.32 Å². The van der Waals surface area contributed by atoms with Crippen molar-refractivity contribution in [1.82, 2.24) is 19.9 Å². The maximum atomic E-state index is 12.9. The monoisotopic (exact) mass is 453 g/mol. The fourth-order valence-corrected chi connectivity index (χ4v) is 4.39. The number of piperazine rings is 1.